The second-order valence-electron chi connectivity index (χ2n) is 6.77. The second-order valence-corrected chi connectivity index (χ2v) is 8.71. The van der Waals surface area contributed by atoms with Crippen molar-refractivity contribution in [3.63, 3.8) is 0 Å². The molecule has 0 bridgehead atoms. The quantitative estimate of drug-likeness (QED) is 0.759. The highest BCUT2D eigenvalue weighted by Gasteiger charge is 2.28. The van der Waals surface area contributed by atoms with Gasteiger partial charge in [-0.25, -0.2) is 12.8 Å². The Labute approximate surface area is 160 Å². The van der Waals surface area contributed by atoms with Gasteiger partial charge in [-0.05, 0) is 49.2 Å². The van der Waals surface area contributed by atoms with Crippen LogP contribution in [-0.2, 0) is 10.0 Å². The van der Waals surface area contributed by atoms with Gasteiger partial charge < -0.3 is 4.74 Å². The fourth-order valence-corrected chi connectivity index (χ4v) is 4.57. The Kier molecular flexibility index (Phi) is 6.14. The molecule has 0 aliphatic carbocycles. The highest BCUT2D eigenvalue weighted by Crippen LogP contribution is 2.20. The molecular formula is C20H25FN2O3S. The van der Waals surface area contributed by atoms with E-state index in [0.717, 1.165) is 11.1 Å². The smallest absolute Gasteiger partial charge is 0.243 e. The van der Waals surface area contributed by atoms with E-state index in [4.69, 9.17) is 4.74 Å². The standard InChI is InChI=1S/C20H25FN2O3S/c1-16-7-8-18(15-17(16)2)27(24,25)23-11-9-22(10-12-23)13-14-26-20-6-4-3-5-19(20)21/h3-8,15H,9-14H2,1-2H3. The SMILES string of the molecule is Cc1ccc(S(=O)(=O)N2CCN(CCOc3ccccc3F)CC2)cc1C. The summed E-state index contributed by atoms with van der Waals surface area (Å²) >= 11 is 0. The summed E-state index contributed by atoms with van der Waals surface area (Å²) < 4.78 is 46.2. The summed E-state index contributed by atoms with van der Waals surface area (Å²) in [6, 6.07) is 11.6. The summed E-state index contributed by atoms with van der Waals surface area (Å²) in [5.74, 6) is -0.129. The number of para-hydroxylation sites is 1. The molecule has 27 heavy (non-hydrogen) atoms. The maximum atomic E-state index is 13.5. The maximum Gasteiger partial charge on any atom is 0.243 e. The van der Waals surface area contributed by atoms with Crippen LogP contribution in [0, 0.1) is 19.7 Å². The molecule has 0 N–H and O–H groups in total. The molecule has 5 nitrogen and oxygen atoms in total. The van der Waals surface area contributed by atoms with E-state index < -0.39 is 10.0 Å². The van der Waals surface area contributed by atoms with Crippen LogP contribution in [0.15, 0.2) is 47.4 Å². The molecule has 0 aromatic heterocycles. The van der Waals surface area contributed by atoms with Gasteiger partial charge in [-0.15, -0.1) is 0 Å². The van der Waals surface area contributed by atoms with Crippen LogP contribution < -0.4 is 4.74 Å². The third-order valence-corrected chi connectivity index (χ3v) is 6.84. The van der Waals surface area contributed by atoms with Crippen molar-refractivity contribution in [3.05, 3.63) is 59.4 Å². The van der Waals surface area contributed by atoms with Gasteiger partial charge in [-0.1, -0.05) is 18.2 Å². The van der Waals surface area contributed by atoms with E-state index in [9.17, 15) is 12.8 Å². The molecule has 3 rings (SSSR count). The molecular weight excluding hydrogens is 367 g/mol. The Balaban J connectivity index is 1.52. The molecule has 2 aromatic carbocycles. The Morgan fingerprint density at radius 3 is 2.37 bits per heavy atom. The lowest BCUT2D eigenvalue weighted by Gasteiger charge is -2.33. The van der Waals surface area contributed by atoms with Crippen LogP contribution in [0.5, 0.6) is 5.75 Å². The predicted molar refractivity (Wildman–Crippen MR) is 103 cm³/mol. The van der Waals surface area contributed by atoms with Crippen LogP contribution >= 0.6 is 0 Å². The molecule has 0 radical (unpaired) electrons. The highest BCUT2D eigenvalue weighted by atomic mass is 32.2. The highest BCUT2D eigenvalue weighted by molar-refractivity contribution is 7.89. The number of hydrogen-bond donors (Lipinski definition) is 0. The van der Waals surface area contributed by atoms with E-state index in [1.54, 1.807) is 30.3 Å². The second kappa shape index (κ2) is 8.37. The molecule has 1 heterocycles. The summed E-state index contributed by atoms with van der Waals surface area (Å²) in [4.78, 5) is 2.48. The van der Waals surface area contributed by atoms with Crippen molar-refractivity contribution in [2.24, 2.45) is 0 Å². The zero-order valence-electron chi connectivity index (χ0n) is 15.7. The van der Waals surface area contributed by atoms with E-state index in [1.807, 2.05) is 19.9 Å². The molecule has 1 fully saturated rings. The van der Waals surface area contributed by atoms with E-state index in [0.29, 0.717) is 44.2 Å². The average molecular weight is 392 g/mol. The monoisotopic (exact) mass is 392 g/mol. The van der Waals surface area contributed by atoms with E-state index in [2.05, 4.69) is 4.90 Å². The van der Waals surface area contributed by atoms with Gasteiger partial charge in [-0.2, -0.15) is 4.31 Å². The molecule has 0 spiro atoms. The lowest BCUT2D eigenvalue weighted by molar-refractivity contribution is 0.157. The van der Waals surface area contributed by atoms with Crippen molar-refractivity contribution < 1.29 is 17.5 Å². The van der Waals surface area contributed by atoms with Gasteiger partial charge in [-0.3, -0.25) is 4.90 Å². The summed E-state index contributed by atoms with van der Waals surface area (Å²) in [6.45, 7) is 7.02. The minimum atomic E-state index is -3.47. The Morgan fingerprint density at radius 2 is 1.70 bits per heavy atom. The van der Waals surface area contributed by atoms with Crippen molar-refractivity contribution >= 4 is 10.0 Å². The topological polar surface area (TPSA) is 49.9 Å². The first-order valence-corrected chi connectivity index (χ1v) is 10.5. The predicted octanol–water partition coefficient (Wildman–Crippen LogP) is 2.83. The number of aryl methyl sites for hydroxylation is 2. The lowest BCUT2D eigenvalue weighted by atomic mass is 10.1. The number of sulfonamides is 1. The largest absolute Gasteiger partial charge is 0.489 e. The zero-order valence-corrected chi connectivity index (χ0v) is 16.5. The van der Waals surface area contributed by atoms with Crippen LogP contribution in [0.1, 0.15) is 11.1 Å². The third kappa shape index (κ3) is 4.66. The van der Waals surface area contributed by atoms with Crippen molar-refractivity contribution in [2.45, 2.75) is 18.7 Å². The summed E-state index contributed by atoms with van der Waals surface area (Å²) in [7, 11) is -3.47. The maximum absolute atomic E-state index is 13.5. The number of hydrogen-bond acceptors (Lipinski definition) is 4. The fraction of sp³-hybridized carbons (Fsp3) is 0.400. The van der Waals surface area contributed by atoms with Gasteiger partial charge in [0.1, 0.15) is 6.61 Å². The Morgan fingerprint density at radius 1 is 1.00 bits per heavy atom. The molecule has 7 heteroatoms. The van der Waals surface area contributed by atoms with Gasteiger partial charge in [0.25, 0.3) is 0 Å². The molecule has 0 saturated carbocycles. The average Bonchev–Trinajstić information content (AvgIpc) is 2.66. The van der Waals surface area contributed by atoms with Crippen LogP contribution in [0.3, 0.4) is 0 Å². The zero-order chi connectivity index (χ0) is 19.4. The molecule has 0 unspecified atom stereocenters. The van der Waals surface area contributed by atoms with Crippen LogP contribution in [0.25, 0.3) is 0 Å². The first-order valence-electron chi connectivity index (χ1n) is 9.05. The minimum absolute atomic E-state index is 0.244. The van der Waals surface area contributed by atoms with Crippen molar-refractivity contribution in [1.82, 2.24) is 9.21 Å². The van der Waals surface area contributed by atoms with E-state index in [1.165, 1.54) is 10.4 Å². The molecule has 1 aliphatic rings. The van der Waals surface area contributed by atoms with Crippen LogP contribution in [0.2, 0.25) is 0 Å². The first-order chi connectivity index (χ1) is 12.9. The van der Waals surface area contributed by atoms with Gasteiger partial charge in [0.2, 0.25) is 10.0 Å². The fourth-order valence-electron chi connectivity index (χ4n) is 3.06. The van der Waals surface area contributed by atoms with Gasteiger partial charge in [0.15, 0.2) is 11.6 Å². The molecule has 0 amide bonds. The number of ether oxygens (including phenoxy) is 1. The van der Waals surface area contributed by atoms with Crippen LogP contribution in [0.4, 0.5) is 4.39 Å². The van der Waals surface area contributed by atoms with Crippen molar-refractivity contribution in [3.8, 4) is 5.75 Å². The summed E-state index contributed by atoms with van der Waals surface area (Å²) in [5, 5.41) is 0. The Hall–Kier alpha value is -1.96. The van der Waals surface area contributed by atoms with E-state index >= 15 is 0 Å². The van der Waals surface area contributed by atoms with Gasteiger partial charge >= 0.3 is 0 Å². The summed E-state index contributed by atoms with van der Waals surface area (Å²) in [5.41, 5.74) is 2.05. The first kappa shape index (κ1) is 19.8. The minimum Gasteiger partial charge on any atom is -0.489 e. The molecule has 0 atom stereocenters. The Bertz CT molecular complexity index is 894. The molecule has 1 saturated heterocycles. The lowest BCUT2D eigenvalue weighted by Crippen LogP contribution is -2.49. The normalized spacial score (nSPS) is 16.4. The number of rotatable bonds is 6. The number of halogens is 1. The summed E-state index contributed by atoms with van der Waals surface area (Å²) in [6.07, 6.45) is 0. The molecule has 146 valence electrons. The number of piperazine rings is 1. The molecule has 2 aromatic rings. The molecule has 1 aliphatic heterocycles. The van der Waals surface area contributed by atoms with Crippen molar-refractivity contribution in [2.75, 3.05) is 39.3 Å². The number of nitrogens with zero attached hydrogens (tertiary/aromatic N) is 2. The number of benzene rings is 2. The third-order valence-electron chi connectivity index (χ3n) is 4.95. The van der Waals surface area contributed by atoms with E-state index in [-0.39, 0.29) is 11.6 Å². The van der Waals surface area contributed by atoms with Gasteiger partial charge in [0.05, 0.1) is 4.90 Å². The van der Waals surface area contributed by atoms with Crippen LogP contribution in [-0.4, -0.2) is 57.0 Å². The van der Waals surface area contributed by atoms with Crippen molar-refractivity contribution in [1.29, 1.82) is 0 Å². The van der Waals surface area contributed by atoms with Gasteiger partial charge in [0, 0.05) is 32.7 Å².